The number of hydrogen-bond donors (Lipinski definition) is 0. The highest BCUT2D eigenvalue weighted by Crippen LogP contribution is 2.44. The molecular weight excluding hydrogens is 835 g/mol. The van der Waals surface area contributed by atoms with E-state index in [2.05, 4.69) is 275 Å². The maximum atomic E-state index is 2.53. The summed E-state index contributed by atoms with van der Waals surface area (Å²) in [5.74, 6) is 0. The van der Waals surface area contributed by atoms with Crippen LogP contribution in [0.15, 0.2) is 261 Å². The standard InChI is InChI=1S/C66H43N3/c1-4-18-44(19-5-1)47-24-16-25-48(38-47)51-39-50(46-22-8-3-9-23-46)41-54(42-51)69-63-33-15-11-29-56(63)59-36-35-58-55-28-10-14-32-62(55)68(65(58)66(59)69)53-34-37-64-60(43-53)57-30-12-13-31-61(57)67(64)52-27-17-26-49(40-52)45-20-6-2-7-21-45/h1-43H. The fourth-order valence-corrected chi connectivity index (χ4v) is 11.1. The molecule has 0 spiro atoms. The number of hydrogen-bond acceptors (Lipinski definition) is 0. The summed E-state index contributed by atoms with van der Waals surface area (Å²) in [4.78, 5) is 0. The van der Waals surface area contributed by atoms with Crippen LogP contribution in [0.25, 0.3) is 127 Å². The van der Waals surface area contributed by atoms with Crippen molar-refractivity contribution < 1.29 is 0 Å². The van der Waals surface area contributed by atoms with E-state index in [4.69, 9.17) is 0 Å². The number of fused-ring (bicyclic) bond motifs is 10. The van der Waals surface area contributed by atoms with Crippen molar-refractivity contribution >= 4 is 65.4 Å². The summed E-state index contributed by atoms with van der Waals surface area (Å²) in [5.41, 5.74) is 19.9. The van der Waals surface area contributed by atoms with Crippen molar-refractivity contribution in [3.63, 3.8) is 0 Å². The molecule has 0 aliphatic heterocycles. The molecule has 0 fully saturated rings. The maximum Gasteiger partial charge on any atom is 0.0788 e. The first-order chi connectivity index (χ1) is 34.2. The zero-order chi connectivity index (χ0) is 45.4. The monoisotopic (exact) mass is 877 g/mol. The average molecular weight is 878 g/mol. The molecule has 0 saturated heterocycles. The molecule has 3 heterocycles. The van der Waals surface area contributed by atoms with Gasteiger partial charge in [0.25, 0.3) is 0 Å². The van der Waals surface area contributed by atoms with Gasteiger partial charge in [-0.05, 0) is 117 Å². The largest absolute Gasteiger partial charge is 0.309 e. The summed E-state index contributed by atoms with van der Waals surface area (Å²) in [6, 6.07) is 95.6. The van der Waals surface area contributed by atoms with Crippen molar-refractivity contribution in [2.45, 2.75) is 0 Å². The van der Waals surface area contributed by atoms with Gasteiger partial charge in [-0.1, -0.05) is 188 Å². The number of rotatable bonds is 7. The zero-order valence-electron chi connectivity index (χ0n) is 37.7. The minimum absolute atomic E-state index is 1.11. The molecular formula is C66H43N3. The van der Waals surface area contributed by atoms with Gasteiger partial charge in [-0.25, -0.2) is 0 Å². The first-order valence-corrected chi connectivity index (χ1v) is 23.8. The minimum Gasteiger partial charge on any atom is -0.309 e. The van der Waals surface area contributed by atoms with E-state index in [1.54, 1.807) is 0 Å². The van der Waals surface area contributed by atoms with Gasteiger partial charge in [0.2, 0.25) is 0 Å². The Morgan fingerprint density at radius 3 is 1.12 bits per heavy atom. The van der Waals surface area contributed by atoms with Crippen LogP contribution in [0.5, 0.6) is 0 Å². The Labute approximate surface area is 399 Å². The molecule has 322 valence electrons. The van der Waals surface area contributed by atoms with Gasteiger partial charge in [0, 0.05) is 49.4 Å². The van der Waals surface area contributed by atoms with E-state index in [1.165, 1.54) is 110 Å². The van der Waals surface area contributed by atoms with Crippen LogP contribution >= 0.6 is 0 Å². The molecule has 0 N–H and O–H groups in total. The third kappa shape index (κ3) is 6.29. The van der Waals surface area contributed by atoms with Gasteiger partial charge in [0.1, 0.15) is 0 Å². The minimum atomic E-state index is 1.11. The summed E-state index contributed by atoms with van der Waals surface area (Å²) in [7, 11) is 0. The Kier molecular flexibility index (Phi) is 8.90. The molecule has 69 heavy (non-hydrogen) atoms. The number of para-hydroxylation sites is 3. The van der Waals surface area contributed by atoms with E-state index in [1.807, 2.05) is 0 Å². The van der Waals surface area contributed by atoms with E-state index in [0.717, 1.165) is 17.1 Å². The van der Waals surface area contributed by atoms with Gasteiger partial charge >= 0.3 is 0 Å². The zero-order valence-corrected chi connectivity index (χ0v) is 37.7. The van der Waals surface area contributed by atoms with Gasteiger partial charge in [0.15, 0.2) is 0 Å². The van der Waals surface area contributed by atoms with Crippen molar-refractivity contribution in [2.24, 2.45) is 0 Å². The molecule has 11 aromatic carbocycles. The lowest BCUT2D eigenvalue weighted by Crippen LogP contribution is -2.00. The van der Waals surface area contributed by atoms with E-state index in [9.17, 15) is 0 Å². The van der Waals surface area contributed by atoms with E-state index < -0.39 is 0 Å². The lowest BCUT2D eigenvalue weighted by atomic mass is 9.95. The van der Waals surface area contributed by atoms with Crippen LogP contribution < -0.4 is 0 Å². The average Bonchev–Trinajstić information content (AvgIpc) is 4.07. The third-order valence-corrected chi connectivity index (χ3v) is 14.2. The Morgan fingerprint density at radius 2 is 0.536 bits per heavy atom. The van der Waals surface area contributed by atoms with Crippen LogP contribution in [0.1, 0.15) is 0 Å². The van der Waals surface area contributed by atoms with E-state index in [0.29, 0.717) is 0 Å². The molecule has 3 aromatic heterocycles. The topological polar surface area (TPSA) is 14.8 Å². The Morgan fingerprint density at radius 1 is 0.174 bits per heavy atom. The number of nitrogens with zero attached hydrogens (tertiary/aromatic N) is 3. The molecule has 14 aromatic rings. The van der Waals surface area contributed by atoms with Crippen molar-refractivity contribution in [1.29, 1.82) is 0 Å². The van der Waals surface area contributed by atoms with Crippen LogP contribution in [0, 0.1) is 0 Å². The van der Waals surface area contributed by atoms with Crippen molar-refractivity contribution in [3.8, 4) is 61.6 Å². The Balaban J connectivity index is 1.04. The molecule has 0 bridgehead atoms. The quantitative estimate of drug-likeness (QED) is 0.152. The number of benzene rings is 11. The van der Waals surface area contributed by atoms with Crippen LogP contribution in [-0.4, -0.2) is 13.7 Å². The van der Waals surface area contributed by atoms with Gasteiger partial charge in [-0.3, -0.25) is 0 Å². The summed E-state index contributed by atoms with van der Waals surface area (Å²) in [6.07, 6.45) is 0. The maximum absolute atomic E-state index is 2.53. The lowest BCUT2D eigenvalue weighted by molar-refractivity contribution is 1.15. The van der Waals surface area contributed by atoms with E-state index >= 15 is 0 Å². The molecule has 0 aliphatic rings. The van der Waals surface area contributed by atoms with E-state index in [-0.39, 0.29) is 0 Å². The fraction of sp³-hybridized carbons (Fsp3) is 0. The SMILES string of the molecule is c1ccc(-c2cccc(-c3cc(-c4ccccc4)cc(-n4c5ccccc5c5ccc6c7ccccc7n(-c7ccc8c(c7)c7ccccc7n8-c7cccc(-c8ccccc8)c7)c6c54)c3)c2)cc1. The van der Waals surface area contributed by atoms with Gasteiger partial charge < -0.3 is 13.7 Å². The predicted molar refractivity (Wildman–Crippen MR) is 291 cm³/mol. The molecule has 0 unspecified atom stereocenters. The second-order valence-electron chi connectivity index (χ2n) is 18.1. The molecule has 0 saturated carbocycles. The van der Waals surface area contributed by atoms with Gasteiger partial charge in [-0.2, -0.15) is 0 Å². The molecule has 0 radical (unpaired) electrons. The fourth-order valence-electron chi connectivity index (χ4n) is 11.1. The normalized spacial score (nSPS) is 11.8. The molecule has 14 rings (SSSR count). The van der Waals surface area contributed by atoms with Crippen LogP contribution in [-0.2, 0) is 0 Å². The second kappa shape index (κ2) is 15.7. The number of aromatic nitrogens is 3. The molecule has 0 atom stereocenters. The summed E-state index contributed by atoms with van der Waals surface area (Å²) >= 11 is 0. The summed E-state index contributed by atoms with van der Waals surface area (Å²) in [6.45, 7) is 0. The van der Waals surface area contributed by atoms with Gasteiger partial charge in [0.05, 0.1) is 33.1 Å². The lowest BCUT2D eigenvalue weighted by Gasteiger charge is -2.16. The van der Waals surface area contributed by atoms with Crippen molar-refractivity contribution in [2.75, 3.05) is 0 Å². The summed E-state index contributed by atoms with van der Waals surface area (Å²) < 4.78 is 7.48. The first-order valence-electron chi connectivity index (χ1n) is 23.8. The molecule has 0 aliphatic carbocycles. The smallest absolute Gasteiger partial charge is 0.0788 e. The molecule has 3 nitrogen and oxygen atoms in total. The Bertz CT molecular complexity index is 4290. The highest BCUT2D eigenvalue weighted by molar-refractivity contribution is 6.24. The third-order valence-electron chi connectivity index (χ3n) is 14.2. The van der Waals surface area contributed by atoms with Gasteiger partial charge in [-0.15, -0.1) is 0 Å². The van der Waals surface area contributed by atoms with Crippen molar-refractivity contribution in [1.82, 2.24) is 13.7 Å². The first kappa shape index (κ1) is 39.0. The Hall–Kier alpha value is -9.18. The highest BCUT2D eigenvalue weighted by Gasteiger charge is 2.23. The van der Waals surface area contributed by atoms with Crippen molar-refractivity contribution in [3.05, 3.63) is 261 Å². The molecule has 3 heteroatoms. The van der Waals surface area contributed by atoms with Crippen LogP contribution in [0.3, 0.4) is 0 Å². The second-order valence-corrected chi connectivity index (χ2v) is 18.1. The van der Waals surface area contributed by atoms with Crippen LogP contribution in [0.4, 0.5) is 0 Å². The predicted octanol–water partition coefficient (Wildman–Crippen LogP) is 17.6. The summed E-state index contributed by atoms with van der Waals surface area (Å²) in [5, 5.41) is 7.32. The molecule has 0 amide bonds. The highest BCUT2D eigenvalue weighted by atomic mass is 15.0. The van der Waals surface area contributed by atoms with Crippen LogP contribution in [0.2, 0.25) is 0 Å².